The van der Waals surface area contributed by atoms with Gasteiger partial charge in [-0.05, 0) is 18.6 Å². The Morgan fingerprint density at radius 3 is 2.70 bits per heavy atom. The summed E-state index contributed by atoms with van der Waals surface area (Å²) in [5.41, 5.74) is 1.39. The van der Waals surface area contributed by atoms with Crippen molar-refractivity contribution in [2.75, 3.05) is 26.2 Å². The average molecular weight is 451 g/mol. The third-order valence-corrected chi connectivity index (χ3v) is 6.04. The molecule has 2 N–H and O–H groups in total. The number of benzene rings is 1. The molecular weight excluding hydrogens is 430 g/mol. The first-order valence-corrected chi connectivity index (χ1v) is 10.7. The number of hydrogen-bond donors (Lipinski definition) is 2. The van der Waals surface area contributed by atoms with Crippen LogP contribution in [0.3, 0.4) is 0 Å². The van der Waals surface area contributed by atoms with E-state index in [1.165, 1.54) is 10.7 Å². The van der Waals surface area contributed by atoms with Crippen LogP contribution in [0.1, 0.15) is 39.3 Å². The van der Waals surface area contributed by atoms with Gasteiger partial charge in [-0.1, -0.05) is 11.3 Å². The lowest BCUT2D eigenvalue weighted by molar-refractivity contribution is -0.136. The number of nitrogens with zero attached hydrogens (tertiary/aromatic N) is 5. The number of piperidine rings is 1. The Labute approximate surface area is 187 Å². The SMILES string of the molecule is O=C1CN(CCc2cn(-c3cccc4c3C(=O)N(C3CCC(=O)NC3=O)C4=O)nn2)CCN1. The molecule has 12 heteroatoms. The number of carbonyl (C=O) groups excluding carboxylic acids is 5. The monoisotopic (exact) mass is 451 g/mol. The van der Waals surface area contributed by atoms with Crippen molar-refractivity contribution in [3.05, 3.63) is 41.2 Å². The molecule has 5 rings (SSSR count). The third kappa shape index (κ3) is 3.78. The minimum Gasteiger partial charge on any atom is -0.354 e. The highest BCUT2D eigenvalue weighted by Gasteiger charge is 2.45. The van der Waals surface area contributed by atoms with Crippen molar-refractivity contribution in [2.45, 2.75) is 25.3 Å². The molecule has 2 aromatic rings. The van der Waals surface area contributed by atoms with E-state index in [0.717, 1.165) is 11.4 Å². The van der Waals surface area contributed by atoms with Crippen molar-refractivity contribution in [1.29, 1.82) is 0 Å². The summed E-state index contributed by atoms with van der Waals surface area (Å²) in [5, 5.41) is 13.3. The number of carbonyl (C=O) groups is 5. The highest BCUT2D eigenvalue weighted by Crippen LogP contribution is 2.31. The second kappa shape index (κ2) is 8.20. The molecule has 170 valence electrons. The van der Waals surface area contributed by atoms with Crippen LogP contribution in [-0.2, 0) is 20.8 Å². The number of imide groups is 2. The first-order chi connectivity index (χ1) is 15.9. The first kappa shape index (κ1) is 20.9. The Balaban J connectivity index is 1.37. The molecule has 3 aliphatic rings. The van der Waals surface area contributed by atoms with Gasteiger partial charge in [-0.15, -0.1) is 5.10 Å². The molecule has 2 fully saturated rings. The molecule has 4 heterocycles. The number of piperazine rings is 1. The van der Waals surface area contributed by atoms with Crippen LogP contribution in [-0.4, -0.2) is 86.6 Å². The molecular formula is C21H21N7O5. The number of rotatable bonds is 5. The lowest BCUT2D eigenvalue weighted by Gasteiger charge is -2.27. The Hall–Kier alpha value is -3.93. The van der Waals surface area contributed by atoms with Crippen LogP contribution < -0.4 is 10.6 Å². The number of hydrogen-bond acceptors (Lipinski definition) is 8. The molecule has 0 spiro atoms. The number of fused-ring (bicyclic) bond motifs is 1. The maximum Gasteiger partial charge on any atom is 0.264 e. The summed E-state index contributed by atoms with van der Waals surface area (Å²) in [7, 11) is 0. The zero-order valence-corrected chi connectivity index (χ0v) is 17.6. The summed E-state index contributed by atoms with van der Waals surface area (Å²) in [5.74, 6) is -2.26. The van der Waals surface area contributed by atoms with Crippen molar-refractivity contribution < 1.29 is 24.0 Å². The van der Waals surface area contributed by atoms with Crippen LogP contribution in [0.4, 0.5) is 0 Å². The maximum absolute atomic E-state index is 13.2. The summed E-state index contributed by atoms with van der Waals surface area (Å²) >= 11 is 0. The molecule has 12 nitrogen and oxygen atoms in total. The fourth-order valence-electron chi connectivity index (χ4n) is 4.37. The molecule has 1 atom stereocenters. The van der Waals surface area contributed by atoms with Crippen molar-refractivity contribution in [3.63, 3.8) is 0 Å². The minimum atomic E-state index is -1.03. The molecule has 33 heavy (non-hydrogen) atoms. The lowest BCUT2D eigenvalue weighted by atomic mass is 10.0. The number of amides is 5. The van der Waals surface area contributed by atoms with Gasteiger partial charge in [-0.3, -0.25) is 39.1 Å². The van der Waals surface area contributed by atoms with Crippen LogP contribution in [0.2, 0.25) is 0 Å². The Bertz CT molecular complexity index is 1190. The van der Waals surface area contributed by atoms with Gasteiger partial charge in [0.05, 0.1) is 35.2 Å². The second-order valence-corrected chi connectivity index (χ2v) is 8.18. The topological polar surface area (TPSA) is 147 Å². The molecule has 5 amide bonds. The van der Waals surface area contributed by atoms with Crippen LogP contribution >= 0.6 is 0 Å². The second-order valence-electron chi connectivity index (χ2n) is 8.18. The van der Waals surface area contributed by atoms with Gasteiger partial charge < -0.3 is 5.32 Å². The Morgan fingerprint density at radius 1 is 1.06 bits per heavy atom. The van der Waals surface area contributed by atoms with Gasteiger partial charge in [0.2, 0.25) is 17.7 Å². The highest BCUT2D eigenvalue weighted by atomic mass is 16.2. The minimum absolute atomic E-state index is 0.00602. The van der Waals surface area contributed by atoms with Crippen LogP contribution in [0.25, 0.3) is 5.69 Å². The van der Waals surface area contributed by atoms with E-state index in [1.807, 2.05) is 4.90 Å². The van der Waals surface area contributed by atoms with Gasteiger partial charge in [-0.2, -0.15) is 0 Å². The normalized spacial score (nSPS) is 21.3. The standard InChI is InChI=1S/C21H21N7O5/c29-16-5-4-15(19(31)23-16)28-20(32)13-2-1-3-14(18(13)21(28)33)27-10-12(24-25-27)6-8-26-9-7-22-17(30)11-26/h1-3,10,15H,4-9,11H2,(H,22,30)(H,23,29,31). The zero-order chi connectivity index (χ0) is 23.1. The van der Waals surface area contributed by atoms with Crippen molar-refractivity contribution in [3.8, 4) is 5.69 Å². The third-order valence-electron chi connectivity index (χ3n) is 6.04. The van der Waals surface area contributed by atoms with E-state index >= 15 is 0 Å². The molecule has 2 saturated heterocycles. The van der Waals surface area contributed by atoms with Crippen LogP contribution in [0.5, 0.6) is 0 Å². The first-order valence-electron chi connectivity index (χ1n) is 10.7. The van der Waals surface area contributed by atoms with Gasteiger partial charge in [0.15, 0.2) is 0 Å². The van der Waals surface area contributed by atoms with Crippen molar-refractivity contribution in [2.24, 2.45) is 0 Å². The summed E-state index contributed by atoms with van der Waals surface area (Å²) in [6, 6.07) is 3.80. The lowest BCUT2D eigenvalue weighted by Crippen LogP contribution is -2.54. The van der Waals surface area contributed by atoms with E-state index in [0.29, 0.717) is 37.4 Å². The maximum atomic E-state index is 13.2. The molecule has 0 radical (unpaired) electrons. The highest BCUT2D eigenvalue weighted by molar-refractivity contribution is 6.24. The van der Waals surface area contributed by atoms with E-state index in [-0.39, 0.29) is 29.9 Å². The predicted molar refractivity (Wildman–Crippen MR) is 111 cm³/mol. The molecule has 1 unspecified atom stereocenters. The fourth-order valence-corrected chi connectivity index (χ4v) is 4.37. The molecule has 1 aromatic heterocycles. The van der Waals surface area contributed by atoms with Crippen LogP contribution in [0, 0.1) is 0 Å². The largest absolute Gasteiger partial charge is 0.354 e. The Kier molecular flexibility index (Phi) is 5.21. The van der Waals surface area contributed by atoms with E-state index in [4.69, 9.17) is 0 Å². The molecule has 0 aliphatic carbocycles. The summed E-state index contributed by atoms with van der Waals surface area (Å²) < 4.78 is 1.44. The number of nitrogens with one attached hydrogen (secondary N) is 2. The van der Waals surface area contributed by atoms with Gasteiger partial charge >= 0.3 is 0 Å². The molecule has 0 bridgehead atoms. The quantitative estimate of drug-likeness (QED) is 0.530. The van der Waals surface area contributed by atoms with Crippen LogP contribution in [0.15, 0.2) is 24.4 Å². The average Bonchev–Trinajstić information content (AvgIpc) is 3.36. The Morgan fingerprint density at radius 2 is 1.91 bits per heavy atom. The van der Waals surface area contributed by atoms with E-state index in [1.54, 1.807) is 18.3 Å². The van der Waals surface area contributed by atoms with Gasteiger partial charge in [-0.25, -0.2) is 4.68 Å². The van der Waals surface area contributed by atoms with E-state index in [2.05, 4.69) is 20.9 Å². The molecule has 3 aliphatic heterocycles. The molecule has 0 saturated carbocycles. The summed E-state index contributed by atoms with van der Waals surface area (Å²) in [6.07, 6.45) is 2.40. The van der Waals surface area contributed by atoms with Crippen molar-refractivity contribution >= 4 is 29.5 Å². The van der Waals surface area contributed by atoms with Gasteiger partial charge in [0.1, 0.15) is 6.04 Å². The smallest absolute Gasteiger partial charge is 0.264 e. The van der Waals surface area contributed by atoms with Gasteiger partial charge in [0.25, 0.3) is 11.8 Å². The van der Waals surface area contributed by atoms with Crippen molar-refractivity contribution in [1.82, 2.24) is 35.4 Å². The fraction of sp³-hybridized carbons (Fsp3) is 0.381. The zero-order valence-electron chi connectivity index (χ0n) is 17.6. The summed E-state index contributed by atoms with van der Waals surface area (Å²) in [4.78, 5) is 64.4. The summed E-state index contributed by atoms with van der Waals surface area (Å²) in [6.45, 7) is 2.35. The predicted octanol–water partition coefficient (Wildman–Crippen LogP) is -1.36. The van der Waals surface area contributed by atoms with Gasteiger partial charge in [0, 0.05) is 32.5 Å². The van der Waals surface area contributed by atoms with E-state index < -0.39 is 29.7 Å². The molecule has 1 aromatic carbocycles. The number of aromatic nitrogens is 3. The van der Waals surface area contributed by atoms with E-state index in [9.17, 15) is 24.0 Å².